The van der Waals surface area contributed by atoms with Gasteiger partial charge in [-0.2, -0.15) is 4.57 Å². The fourth-order valence-corrected chi connectivity index (χ4v) is 7.26. The van der Waals surface area contributed by atoms with Gasteiger partial charge in [-0.25, -0.2) is 0 Å². The van der Waals surface area contributed by atoms with Crippen LogP contribution in [0.25, 0.3) is 61.0 Å². The van der Waals surface area contributed by atoms with E-state index >= 15 is 0 Å². The molecule has 42 heavy (non-hydrogen) atoms. The van der Waals surface area contributed by atoms with Gasteiger partial charge in [0.2, 0.25) is 5.69 Å². The van der Waals surface area contributed by atoms with Gasteiger partial charge in [0.05, 0.1) is 18.4 Å². The van der Waals surface area contributed by atoms with Gasteiger partial charge in [-0.1, -0.05) is 103 Å². The topological polar surface area (TPSA) is 3.88 Å². The number of aromatic nitrogens is 1. The van der Waals surface area contributed by atoms with Gasteiger partial charge in [0.25, 0.3) is 0 Å². The van der Waals surface area contributed by atoms with Crippen molar-refractivity contribution in [2.24, 2.45) is 0 Å². The van der Waals surface area contributed by atoms with Gasteiger partial charge in [-0.05, 0) is 80.0 Å². The molecule has 0 unspecified atom stereocenters. The molecule has 6 aromatic carbocycles. The van der Waals surface area contributed by atoms with Crippen LogP contribution in [0.1, 0.15) is 22.5 Å². The minimum absolute atomic E-state index is 0.939. The van der Waals surface area contributed by atoms with Gasteiger partial charge in [-0.3, -0.25) is 0 Å². The van der Waals surface area contributed by atoms with E-state index in [1.165, 1.54) is 83.5 Å². The summed E-state index contributed by atoms with van der Waals surface area (Å²) in [7, 11) is 0. The summed E-state index contributed by atoms with van der Waals surface area (Å²) >= 11 is 0. The normalized spacial score (nSPS) is 12.6. The maximum atomic E-state index is 2.54. The van der Waals surface area contributed by atoms with E-state index in [1.807, 2.05) is 0 Å². The Morgan fingerprint density at radius 1 is 0.429 bits per heavy atom. The highest BCUT2D eigenvalue weighted by atomic mass is 15.0. The number of hydrogen-bond donors (Lipinski definition) is 0. The average Bonchev–Trinajstić information content (AvgIpc) is 3.62. The zero-order chi connectivity index (χ0) is 27.6. The van der Waals surface area contributed by atoms with Crippen LogP contribution in [-0.4, -0.2) is 0 Å². The molecule has 1 aliphatic carbocycles. The summed E-state index contributed by atoms with van der Waals surface area (Å²) in [6.45, 7) is 0. The number of pyridine rings is 1. The predicted octanol–water partition coefficient (Wildman–Crippen LogP) is 9.59. The predicted molar refractivity (Wildman–Crippen MR) is 173 cm³/mol. The third kappa shape index (κ3) is 3.53. The molecule has 1 nitrogen and oxygen atoms in total. The van der Waals surface area contributed by atoms with Crippen molar-refractivity contribution in [1.29, 1.82) is 0 Å². The first-order valence-electron chi connectivity index (χ1n) is 14.8. The zero-order valence-electron chi connectivity index (χ0n) is 23.2. The second kappa shape index (κ2) is 9.12. The highest BCUT2D eigenvalue weighted by molar-refractivity contribution is 6.07. The molecule has 2 heterocycles. The van der Waals surface area contributed by atoms with Crippen molar-refractivity contribution in [3.8, 4) is 50.2 Å². The maximum absolute atomic E-state index is 2.54. The molecule has 0 spiro atoms. The lowest BCUT2D eigenvalue weighted by molar-refractivity contribution is -0.604. The fraction of sp³-hybridized carbons (Fsp3) is 0.0488. The van der Waals surface area contributed by atoms with E-state index in [1.54, 1.807) is 0 Å². The molecule has 7 aromatic rings. The van der Waals surface area contributed by atoms with Crippen LogP contribution < -0.4 is 4.57 Å². The summed E-state index contributed by atoms with van der Waals surface area (Å²) < 4.78 is 2.54. The van der Waals surface area contributed by atoms with Crippen LogP contribution in [0.2, 0.25) is 0 Å². The smallest absolute Gasteiger partial charge is 0.160 e. The first-order valence-corrected chi connectivity index (χ1v) is 14.8. The van der Waals surface area contributed by atoms with E-state index in [9.17, 15) is 0 Å². The van der Waals surface area contributed by atoms with Crippen molar-refractivity contribution in [3.63, 3.8) is 0 Å². The van der Waals surface area contributed by atoms with Gasteiger partial charge < -0.3 is 0 Å². The van der Waals surface area contributed by atoms with Crippen molar-refractivity contribution in [3.05, 3.63) is 168 Å². The number of nitrogens with zero attached hydrogens (tertiary/aromatic N) is 1. The molecule has 0 N–H and O–H groups in total. The lowest BCUT2D eigenvalue weighted by atomic mass is 9.86. The van der Waals surface area contributed by atoms with Gasteiger partial charge >= 0.3 is 0 Å². The summed E-state index contributed by atoms with van der Waals surface area (Å²) in [5, 5.41) is 2.60. The van der Waals surface area contributed by atoms with Crippen LogP contribution in [-0.2, 0) is 12.8 Å². The Kier molecular flexibility index (Phi) is 5.09. The van der Waals surface area contributed by atoms with Crippen LogP contribution >= 0.6 is 0 Å². The van der Waals surface area contributed by atoms with Crippen molar-refractivity contribution < 1.29 is 4.57 Å². The highest BCUT2D eigenvalue weighted by Crippen LogP contribution is 2.48. The molecule has 1 heteroatoms. The number of para-hydroxylation sites is 1. The van der Waals surface area contributed by atoms with Crippen LogP contribution in [0.3, 0.4) is 0 Å². The molecule has 9 rings (SSSR count). The average molecular weight is 535 g/mol. The van der Waals surface area contributed by atoms with E-state index in [0.717, 1.165) is 12.8 Å². The lowest BCUT2D eigenvalue weighted by Crippen LogP contribution is -2.36. The van der Waals surface area contributed by atoms with Gasteiger partial charge in [0.15, 0.2) is 11.4 Å². The molecule has 1 aromatic heterocycles. The number of benzene rings is 6. The van der Waals surface area contributed by atoms with Crippen molar-refractivity contribution in [1.82, 2.24) is 0 Å². The zero-order valence-corrected chi connectivity index (χ0v) is 23.2. The van der Waals surface area contributed by atoms with Crippen LogP contribution in [0, 0.1) is 0 Å². The minimum atomic E-state index is 0.939. The first kappa shape index (κ1) is 23.4. The molecule has 0 fully saturated rings. The number of rotatable bonds is 3. The molecule has 0 atom stereocenters. The molecule has 196 valence electrons. The molecule has 0 bridgehead atoms. The van der Waals surface area contributed by atoms with E-state index in [2.05, 4.69) is 150 Å². The molecule has 0 saturated carbocycles. The minimum Gasteiger partial charge on any atom is -0.160 e. The van der Waals surface area contributed by atoms with Crippen molar-refractivity contribution in [2.45, 2.75) is 12.8 Å². The van der Waals surface area contributed by atoms with Crippen LogP contribution in [0.15, 0.2) is 146 Å². The van der Waals surface area contributed by atoms with E-state index in [0.29, 0.717) is 0 Å². The third-order valence-electron chi connectivity index (χ3n) is 9.11. The Morgan fingerprint density at radius 3 is 1.83 bits per heavy atom. The summed E-state index contributed by atoms with van der Waals surface area (Å²) in [5.74, 6) is 0. The quantitative estimate of drug-likeness (QED) is 0.199. The standard InChI is InChI=1S/C41H28N/c1-3-11-27(12-4-1)31-22-32(28-13-5-2-6-14-28)24-33(23-31)40-36-17-9-7-15-29(36)21-34-26-39-37(41(34)40)20-19-35-25-30-16-8-10-18-38(30)42(35)39/h1-24H,25-26H2/q+1. The van der Waals surface area contributed by atoms with Gasteiger partial charge in [0, 0.05) is 23.3 Å². The lowest BCUT2D eigenvalue weighted by Gasteiger charge is -2.17. The molecular formula is C41H28N+. The summed E-state index contributed by atoms with van der Waals surface area (Å²) in [5.41, 5.74) is 17.2. The highest BCUT2D eigenvalue weighted by Gasteiger charge is 2.37. The molecule has 1 aliphatic heterocycles. The van der Waals surface area contributed by atoms with Crippen molar-refractivity contribution in [2.75, 3.05) is 0 Å². The second-order valence-electron chi connectivity index (χ2n) is 11.5. The SMILES string of the molecule is c1ccc(-c2cc(-c3ccccc3)cc(-c3c4c(cc5ccccc35)Cc3c-4ccc4[n+]3-c3ccccc3C4)c2)cc1. The van der Waals surface area contributed by atoms with Gasteiger partial charge in [-0.15, -0.1) is 0 Å². The Bertz CT molecular complexity index is 2120. The Labute approximate surface area is 246 Å². The van der Waals surface area contributed by atoms with Gasteiger partial charge in [0.1, 0.15) is 0 Å². The Morgan fingerprint density at radius 2 is 1.07 bits per heavy atom. The summed E-state index contributed by atoms with van der Waals surface area (Å²) in [6, 6.07) is 53.7. The monoisotopic (exact) mass is 534 g/mol. The van der Waals surface area contributed by atoms with Crippen LogP contribution in [0.4, 0.5) is 0 Å². The van der Waals surface area contributed by atoms with E-state index < -0.39 is 0 Å². The molecule has 2 aliphatic rings. The fourth-order valence-electron chi connectivity index (χ4n) is 7.26. The Balaban J connectivity index is 1.35. The first-order chi connectivity index (χ1) is 20.8. The largest absolute Gasteiger partial charge is 0.214 e. The molecule has 0 radical (unpaired) electrons. The van der Waals surface area contributed by atoms with E-state index in [-0.39, 0.29) is 0 Å². The third-order valence-corrected chi connectivity index (χ3v) is 9.11. The number of fused-ring (bicyclic) bond motifs is 8. The Hall–Kier alpha value is -5.27. The van der Waals surface area contributed by atoms with E-state index in [4.69, 9.17) is 0 Å². The molecular weight excluding hydrogens is 506 g/mol. The number of hydrogen-bond acceptors (Lipinski definition) is 0. The maximum Gasteiger partial charge on any atom is 0.214 e. The van der Waals surface area contributed by atoms with Crippen LogP contribution in [0.5, 0.6) is 0 Å². The summed E-state index contributed by atoms with van der Waals surface area (Å²) in [6.07, 6.45) is 1.93. The second-order valence-corrected chi connectivity index (χ2v) is 11.5. The summed E-state index contributed by atoms with van der Waals surface area (Å²) in [4.78, 5) is 0. The molecule has 0 saturated heterocycles. The molecule has 0 amide bonds. The van der Waals surface area contributed by atoms with Crippen molar-refractivity contribution >= 4 is 10.8 Å².